The monoisotopic (exact) mass is 496 g/mol. The number of halogens is 3. The third kappa shape index (κ3) is 5.71. The summed E-state index contributed by atoms with van der Waals surface area (Å²) in [7, 11) is -4.01. The number of benzene rings is 3. The van der Waals surface area contributed by atoms with Crippen molar-refractivity contribution in [2.75, 3.05) is 10.8 Å². The molecule has 0 bridgehead atoms. The van der Waals surface area contributed by atoms with Gasteiger partial charge in [0.2, 0.25) is 5.91 Å². The standard InChI is InChI=1S/C22H19Cl3N2O3S/c1-15-4-2-3-5-21(15)27(31(29,30)19-10-8-17(23)9-11-19)14-22(28)26-13-16-6-7-18(24)12-20(16)25/h2-12H,13-14H2,1H3,(H,26,28). The molecular formula is C22H19Cl3N2O3S. The summed E-state index contributed by atoms with van der Waals surface area (Å²) in [6.45, 7) is 1.52. The van der Waals surface area contributed by atoms with Gasteiger partial charge in [0.05, 0.1) is 10.6 Å². The van der Waals surface area contributed by atoms with Crippen molar-refractivity contribution in [2.24, 2.45) is 0 Å². The molecule has 0 heterocycles. The SMILES string of the molecule is Cc1ccccc1N(CC(=O)NCc1ccc(Cl)cc1Cl)S(=O)(=O)c1ccc(Cl)cc1. The van der Waals surface area contributed by atoms with Gasteiger partial charge in [-0.15, -0.1) is 0 Å². The molecule has 0 saturated carbocycles. The Labute approximate surface area is 196 Å². The Hall–Kier alpha value is -2.25. The molecule has 3 rings (SSSR count). The first kappa shape index (κ1) is 23.4. The number of carbonyl (C=O) groups is 1. The fourth-order valence-electron chi connectivity index (χ4n) is 2.92. The zero-order valence-corrected chi connectivity index (χ0v) is 19.6. The van der Waals surface area contributed by atoms with Crippen LogP contribution in [0.5, 0.6) is 0 Å². The summed E-state index contributed by atoms with van der Waals surface area (Å²) in [6, 6.07) is 17.7. The third-order valence-electron chi connectivity index (χ3n) is 4.56. The Morgan fingerprint density at radius 2 is 1.58 bits per heavy atom. The van der Waals surface area contributed by atoms with Gasteiger partial charge in [-0.1, -0.05) is 59.1 Å². The molecule has 0 saturated heterocycles. The lowest BCUT2D eigenvalue weighted by Crippen LogP contribution is -2.41. The van der Waals surface area contributed by atoms with Gasteiger partial charge < -0.3 is 5.32 Å². The molecule has 1 amide bonds. The molecule has 1 N–H and O–H groups in total. The summed E-state index contributed by atoms with van der Waals surface area (Å²) >= 11 is 17.9. The second-order valence-corrected chi connectivity index (χ2v) is 9.91. The molecule has 0 unspecified atom stereocenters. The molecule has 0 aliphatic carbocycles. The van der Waals surface area contributed by atoms with Crippen molar-refractivity contribution in [3.05, 3.63) is 92.9 Å². The van der Waals surface area contributed by atoms with E-state index in [1.54, 1.807) is 49.4 Å². The van der Waals surface area contributed by atoms with E-state index in [2.05, 4.69) is 5.32 Å². The van der Waals surface area contributed by atoms with Gasteiger partial charge in [-0.3, -0.25) is 9.10 Å². The van der Waals surface area contributed by atoms with Crippen LogP contribution in [0.15, 0.2) is 71.6 Å². The molecule has 0 fully saturated rings. The second kappa shape index (κ2) is 9.92. The van der Waals surface area contributed by atoms with E-state index in [1.165, 1.54) is 24.3 Å². The highest BCUT2D eigenvalue weighted by atomic mass is 35.5. The number of para-hydroxylation sites is 1. The van der Waals surface area contributed by atoms with Gasteiger partial charge in [-0.2, -0.15) is 0 Å². The molecule has 0 aliphatic rings. The number of aryl methyl sites for hydroxylation is 1. The summed E-state index contributed by atoms with van der Waals surface area (Å²) in [5, 5.41) is 4.03. The van der Waals surface area contributed by atoms with Gasteiger partial charge in [0.15, 0.2) is 0 Å². The Bertz CT molecular complexity index is 1200. The van der Waals surface area contributed by atoms with E-state index in [0.717, 1.165) is 4.31 Å². The number of hydrogen-bond acceptors (Lipinski definition) is 3. The first-order valence-corrected chi connectivity index (χ1v) is 11.8. The van der Waals surface area contributed by atoms with Crippen LogP contribution in [0, 0.1) is 6.92 Å². The lowest BCUT2D eigenvalue weighted by Gasteiger charge is -2.25. The number of nitrogens with one attached hydrogen (secondary N) is 1. The average molecular weight is 498 g/mol. The maximum Gasteiger partial charge on any atom is 0.264 e. The highest BCUT2D eigenvalue weighted by molar-refractivity contribution is 7.92. The molecule has 0 spiro atoms. The van der Waals surface area contributed by atoms with Crippen LogP contribution in [-0.2, 0) is 21.4 Å². The number of rotatable bonds is 7. The molecule has 3 aromatic carbocycles. The molecule has 3 aromatic rings. The van der Waals surface area contributed by atoms with E-state index in [1.807, 2.05) is 0 Å². The molecular weight excluding hydrogens is 479 g/mol. The van der Waals surface area contributed by atoms with Crippen molar-refractivity contribution >= 4 is 56.4 Å². The van der Waals surface area contributed by atoms with E-state index >= 15 is 0 Å². The van der Waals surface area contributed by atoms with Gasteiger partial charge in [0.1, 0.15) is 6.54 Å². The second-order valence-electron chi connectivity index (χ2n) is 6.76. The highest BCUT2D eigenvalue weighted by Gasteiger charge is 2.28. The van der Waals surface area contributed by atoms with E-state index < -0.39 is 22.5 Å². The minimum atomic E-state index is -4.01. The maximum atomic E-state index is 13.4. The van der Waals surface area contributed by atoms with Crippen LogP contribution in [0.3, 0.4) is 0 Å². The van der Waals surface area contributed by atoms with Crippen LogP contribution in [-0.4, -0.2) is 20.9 Å². The minimum Gasteiger partial charge on any atom is -0.350 e. The number of carbonyl (C=O) groups excluding carboxylic acids is 1. The summed E-state index contributed by atoms with van der Waals surface area (Å²) in [6.07, 6.45) is 0. The Kier molecular flexibility index (Phi) is 7.49. The maximum absolute atomic E-state index is 13.4. The van der Waals surface area contributed by atoms with Crippen molar-refractivity contribution in [1.82, 2.24) is 5.32 Å². The Morgan fingerprint density at radius 1 is 0.935 bits per heavy atom. The van der Waals surface area contributed by atoms with Gasteiger partial charge >= 0.3 is 0 Å². The number of nitrogens with zero attached hydrogens (tertiary/aromatic N) is 1. The van der Waals surface area contributed by atoms with Gasteiger partial charge in [-0.05, 0) is 60.5 Å². The smallest absolute Gasteiger partial charge is 0.264 e. The number of sulfonamides is 1. The summed E-state index contributed by atoms with van der Waals surface area (Å²) in [5.74, 6) is -0.480. The van der Waals surface area contributed by atoms with E-state index in [4.69, 9.17) is 34.8 Å². The lowest BCUT2D eigenvalue weighted by atomic mass is 10.2. The van der Waals surface area contributed by atoms with Crippen molar-refractivity contribution < 1.29 is 13.2 Å². The van der Waals surface area contributed by atoms with Crippen LogP contribution in [0.2, 0.25) is 15.1 Å². The molecule has 0 aliphatic heterocycles. The molecule has 0 atom stereocenters. The van der Waals surface area contributed by atoms with Gasteiger partial charge in [0, 0.05) is 21.6 Å². The van der Waals surface area contributed by atoms with E-state index in [-0.39, 0.29) is 11.4 Å². The average Bonchev–Trinajstić information content (AvgIpc) is 2.72. The molecule has 0 aromatic heterocycles. The van der Waals surface area contributed by atoms with Crippen LogP contribution >= 0.6 is 34.8 Å². The summed E-state index contributed by atoms with van der Waals surface area (Å²) < 4.78 is 27.8. The third-order valence-corrected chi connectivity index (χ3v) is 7.18. The zero-order chi connectivity index (χ0) is 22.6. The van der Waals surface area contributed by atoms with Gasteiger partial charge in [0.25, 0.3) is 10.0 Å². The molecule has 5 nitrogen and oxygen atoms in total. The van der Waals surface area contributed by atoms with E-state index in [9.17, 15) is 13.2 Å². The Morgan fingerprint density at radius 3 is 2.23 bits per heavy atom. The predicted octanol–water partition coefficient (Wildman–Crippen LogP) is 5.47. The molecule has 162 valence electrons. The molecule has 9 heteroatoms. The fraction of sp³-hybridized carbons (Fsp3) is 0.136. The summed E-state index contributed by atoms with van der Waals surface area (Å²) in [5.41, 5.74) is 1.80. The number of hydrogen-bond donors (Lipinski definition) is 1. The van der Waals surface area contributed by atoms with Gasteiger partial charge in [-0.25, -0.2) is 8.42 Å². The predicted molar refractivity (Wildman–Crippen MR) is 125 cm³/mol. The Balaban J connectivity index is 1.87. The zero-order valence-electron chi connectivity index (χ0n) is 16.5. The van der Waals surface area contributed by atoms with Crippen molar-refractivity contribution in [3.63, 3.8) is 0 Å². The minimum absolute atomic E-state index is 0.0358. The highest BCUT2D eigenvalue weighted by Crippen LogP contribution is 2.27. The fourth-order valence-corrected chi connectivity index (χ4v) is 5.01. The lowest BCUT2D eigenvalue weighted by molar-refractivity contribution is -0.119. The first-order chi connectivity index (χ1) is 14.7. The molecule has 0 radical (unpaired) electrons. The topological polar surface area (TPSA) is 66.5 Å². The summed E-state index contributed by atoms with van der Waals surface area (Å²) in [4.78, 5) is 12.8. The number of anilines is 1. The van der Waals surface area contributed by atoms with Crippen LogP contribution in [0.4, 0.5) is 5.69 Å². The first-order valence-electron chi connectivity index (χ1n) is 9.23. The van der Waals surface area contributed by atoms with Crippen LogP contribution < -0.4 is 9.62 Å². The van der Waals surface area contributed by atoms with Crippen molar-refractivity contribution in [2.45, 2.75) is 18.4 Å². The molecule has 31 heavy (non-hydrogen) atoms. The normalized spacial score (nSPS) is 11.2. The van der Waals surface area contributed by atoms with E-state index in [0.29, 0.717) is 31.9 Å². The largest absolute Gasteiger partial charge is 0.350 e. The number of amides is 1. The van der Waals surface area contributed by atoms with Crippen molar-refractivity contribution in [1.29, 1.82) is 0 Å². The quantitative estimate of drug-likeness (QED) is 0.471. The van der Waals surface area contributed by atoms with Crippen LogP contribution in [0.1, 0.15) is 11.1 Å². The van der Waals surface area contributed by atoms with Crippen molar-refractivity contribution in [3.8, 4) is 0 Å². The van der Waals surface area contributed by atoms with Crippen LogP contribution in [0.25, 0.3) is 0 Å².